The van der Waals surface area contributed by atoms with E-state index < -0.39 is 6.03 Å². The molecule has 0 radical (unpaired) electrons. The van der Waals surface area contributed by atoms with Crippen molar-refractivity contribution >= 4 is 11.9 Å². The first kappa shape index (κ1) is 17.2. The molecule has 0 aromatic heterocycles. The summed E-state index contributed by atoms with van der Waals surface area (Å²) in [5.41, 5.74) is 0. The number of hydrogen-bond acceptors (Lipinski definition) is 5. The summed E-state index contributed by atoms with van der Waals surface area (Å²) >= 11 is 0. The molecule has 3 amide bonds. The lowest BCUT2D eigenvalue weighted by Gasteiger charge is -2.37. The number of hydrogen-bond donors (Lipinski definition) is 3. The van der Waals surface area contributed by atoms with Crippen LogP contribution in [0.4, 0.5) is 4.79 Å². The summed E-state index contributed by atoms with van der Waals surface area (Å²) < 4.78 is 0. The molecule has 2 aliphatic rings. The highest BCUT2D eigenvalue weighted by atomic mass is 16.2. The lowest BCUT2D eigenvalue weighted by atomic mass is 10.2. The molecule has 0 aromatic carbocycles. The van der Waals surface area contributed by atoms with Crippen molar-refractivity contribution in [3.63, 3.8) is 0 Å². The second-order valence-electron chi connectivity index (χ2n) is 6.61. The molecule has 126 valence electrons. The van der Waals surface area contributed by atoms with E-state index in [2.05, 4.69) is 25.8 Å². The Morgan fingerprint density at radius 2 is 1.95 bits per heavy atom. The largest absolute Gasteiger partial charge is 0.338 e. The zero-order valence-electron chi connectivity index (χ0n) is 13.7. The molecule has 1 atom stereocenters. The van der Waals surface area contributed by atoms with E-state index in [1.165, 1.54) is 6.42 Å². The quantitative estimate of drug-likeness (QED) is 0.635. The van der Waals surface area contributed by atoms with Gasteiger partial charge in [0.1, 0.15) is 0 Å². The van der Waals surface area contributed by atoms with Crippen LogP contribution in [0.5, 0.6) is 0 Å². The van der Waals surface area contributed by atoms with Gasteiger partial charge in [-0.1, -0.05) is 13.8 Å². The van der Waals surface area contributed by atoms with Crippen LogP contribution in [0.2, 0.25) is 0 Å². The standard InChI is InChI=1S/C15H29N5O2/c1-12(2)9-17-15(22)18-14(21)11-19-5-7-20(8-6-19)13-3-4-16-10-13/h12-13,16H,3-11H2,1-2H3,(H2,17,18,21,22). The minimum atomic E-state index is -0.394. The summed E-state index contributed by atoms with van der Waals surface area (Å²) in [7, 11) is 0. The van der Waals surface area contributed by atoms with Crippen molar-refractivity contribution in [2.75, 3.05) is 52.4 Å². The molecule has 2 fully saturated rings. The summed E-state index contributed by atoms with van der Waals surface area (Å²) in [6.45, 7) is 10.9. The van der Waals surface area contributed by atoms with Gasteiger partial charge in [0.2, 0.25) is 5.91 Å². The maximum Gasteiger partial charge on any atom is 0.321 e. The van der Waals surface area contributed by atoms with Crippen LogP contribution in [0.3, 0.4) is 0 Å². The maximum atomic E-state index is 11.9. The van der Waals surface area contributed by atoms with E-state index in [1.807, 2.05) is 13.8 Å². The zero-order chi connectivity index (χ0) is 15.9. The van der Waals surface area contributed by atoms with Crippen molar-refractivity contribution in [3.05, 3.63) is 0 Å². The monoisotopic (exact) mass is 311 g/mol. The second kappa shape index (κ2) is 8.45. The summed E-state index contributed by atoms with van der Waals surface area (Å²) in [6, 6.07) is 0.257. The van der Waals surface area contributed by atoms with Gasteiger partial charge in [0.05, 0.1) is 6.54 Å². The first-order valence-corrected chi connectivity index (χ1v) is 8.29. The van der Waals surface area contributed by atoms with Crippen molar-refractivity contribution in [2.45, 2.75) is 26.3 Å². The molecule has 0 aliphatic carbocycles. The summed E-state index contributed by atoms with van der Waals surface area (Å²) in [4.78, 5) is 28.0. The molecule has 0 spiro atoms. The minimum Gasteiger partial charge on any atom is -0.338 e. The molecule has 7 nitrogen and oxygen atoms in total. The molecule has 3 N–H and O–H groups in total. The predicted octanol–water partition coefficient (Wildman–Crippen LogP) is -0.552. The van der Waals surface area contributed by atoms with Crippen LogP contribution in [0.15, 0.2) is 0 Å². The van der Waals surface area contributed by atoms with E-state index in [0.29, 0.717) is 25.0 Å². The maximum absolute atomic E-state index is 11.9. The van der Waals surface area contributed by atoms with E-state index in [0.717, 1.165) is 39.3 Å². The van der Waals surface area contributed by atoms with Gasteiger partial charge in [-0.15, -0.1) is 0 Å². The Morgan fingerprint density at radius 1 is 1.23 bits per heavy atom. The van der Waals surface area contributed by atoms with Crippen LogP contribution in [-0.4, -0.2) is 80.1 Å². The molecule has 1 unspecified atom stereocenters. The van der Waals surface area contributed by atoms with E-state index in [1.54, 1.807) is 0 Å². The molecule has 2 rings (SSSR count). The van der Waals surface area contributed by atoms with E-state index >= 15 is 0 Å². The number of carbonyl (C=O) groups is 2. The van der Waals surface area contributed by atoms with Gasteiger partial charge in [0.25, 0.3) is 0 Å². The molecule has 0 bridgehead atoms. The molecule has 0 aromatic rings. The number of carbonyl (C=O) groups excluding carboxylic acids is 2. The van der Waals surface area contributed by atoms with Crippen LogP contribution in [0.25, 0.3) is 0 Å². The number of imide groups is 1. The van der Waals surface area contributed by atoms with Crippen LogP contribution in [0.1, 0.15) is 20.3 Å². The molecular formula is C15H29N5O2. The molecule has 0 saturated carbocycles. The molecular weight excluding hydrogens is 282 g/mol. The van der Waals surface area contributed by atoms with Crippen molar-refractivity contribution in [1.29, 1.82) is 0 Å². The number of rotatable bonds is 5. The zero-order valence-corrected chi connectivity index (χ0v) is 13.7. The Hall–Kier alpha value is -1.18. The van der Waals surface area contributed by atoms with Crippen molar-refractivity contribution in [1.82, 2.24) is 25.8 Å². The van der Waals surface area contributed by atoms with E-state index in [9.17, 15) is 9.59 Å². The molecule has 2 heterocycles. The number of nitrogens with zero attached hydrogens (tertiary/aromatic N) is 2. The first-order valence-electron chi connectivity index (χ1n) is 8.29. The van der Waals surface area contributed by atoms with Crippen LogP contribution in [0, 0.1) is 5.92 Å². The lowest BCUT2D eigenvalue weighted by Crippen LogP contribution is -2.53. The highest BCUT2D eigenvalue weighted by Crippen LogP contribution is 2.11. The Labute approximate surface area is 132 Å². The van der Waals surface area contributed by atoms with Gasteiger partial charge in [-0.3, -0.25) is 19.9 Å². The number of amides is 3. The minimum absolute atomic E-state index is 0.225. The topological polar surface area (TPSA) is 76.7 Å². The highest BCUT2D eigenvalue weighted by molar-refractivity contribution is 5.95. The highest BCUT2D eigenvalue weighted by Gasteiger charge is 2.26. The van der Waals surface area contributed by atoms with E-state index in [4.69, 9.17) is 0 Å². The van der Waals surface area contributed by atoms with Crippen molar-refractivity contribution in [2.24, 2.45) is 5.92 Å². The third kappa shape index (κ3) is 5.55. The van der Waals surface area contributed by atoms with Gasteiger partial charge in [0, 0.05) is 45.3 Å². The second-order valence-corrected chi connectivity index (χ2v) is 6.61. The smallest absolute Gasteiger partial charge is 0.321 e. The van der Waals surface area contributed by atoms with Crippen molar-refractivity contribution in [3.8, 4) is 0 Å². The average molecular weight is 311 g/mol. The summed E-state index contributed by atoms with van der Waals surface area (Å²) in [5, 5.41) is 8.48. The number of urea groups is 1. The van der Waals surface area contributed by atoms with E-state index in [-0.39, 0.29) is 5.91 Å². The third-order valence-electron chi connectivity index (χ3n) is 4.25. The Balaban J connectivity index is 1.62. The Bertz CT molecular complexity index is 374. The third-order valence-corrected chi connectivity index (χ3v) is 4.25. The Kier molecular flexibility index (Phi) is 6.60. The molecule has 2 aliphatic heterocycles. The fourth-order valence-corrected chi connectivity index (χ4v) is 2.95. The lowest BCUT2D eigenvalue weighted by molar-refractivity contribution is -0.121. The number of nitrogens with one attached hydrogen (secondary N) is 3. The molecule has 22 heavy (non-hydrogen) atoms. The normalized spacial score (nSPS) is 23.7. The van der Waals surface area contributed by atoms with Gasteiger partial charge in [0.15, 0.2) is 0 Å². The SMILES string of the molecule is CC(C)CNC(=O)NC(=O)CN1CCN(C2CCNC2)CC1. The molecule has 2 saturated heterocycles. The fraction of sp³-hybridized carbons (Fsp3) is 0.867. The summed E-state index contributed by atoms with van der Waals surface area (Å²) in [5.74, 6) is 0.149. The fourth-order valence-electron chi connectivity index (χ4n) is 2.95. The summed E-state index contributed by atoms with van der Waals surface area (Å²) in [6.07, 6.45) is 1.22. The van der Waals surface area contributed by atoms with Gasteiger partial charge in [-0.25, -0.2) is 4.79 Å². The Morgan fingerprint density at radius 3 is 2.55 bits per heavy atom. The number of piperazine rings is 1. The molecule has 7 heteroatoms. The van der Waals surface area contributed by atoms with Crippen LogP contribution in [-0.2, 0) is 4.79 Å². The van der Waals surface area contributed by atoms with Gasteiger partial charge in [-0.05, 0) is 18.9 Å². The van der Waals surface area contributed by atoms with Gasteiger partial charge < -0.3 is 10.6 Å². The predicted molar refractivity (Wildman–Crippen MR) is 85.7 cm³/mol. The van der Waals surface area contributed by atoms with Crippen LogP contribution < -0.4 is 16.0 Å². The first-order chi connectivity index (χ1) is 10.5. The van der Waals surface area contributed by atoms with Gasteiger partial charge >= 0.3 is 6.03 Å². The average Bonchev–Trinajstić information content (AvgIpc) is 3.00. The van der Waals surface area contributed by atoms with Crippen LogP contribution >= 0.6 is 0 Å². The van der Waals surface area contributed by atoms with Gasteiger partial charge in [-0.2, -0.15) is 0 Å². The van der Waals surface area contributed by atoms with Crippen molar-refractivity contribution < 1.29 is 9.59 Å².